The molecule has 0 atom stereocenters. The number of amides is 1. The minimum atomic E-state index is -3.79. The minimum Gasteiger partial charge on any atom is -0.321 e. The van der Waals surface area contributed by atoms with Gasteiger partial charge >= 0.3 is 0 Å². The van der Waals surface area contributed by atoms with Crippen molar-refractivity contribution in [2.45, 2.75) is 24.2 Å². The van der Waals surface area contributed by atoms with Crippen molar-refractivity contribution in [1.29, 1.82) is 5.26 Å². The number of carbonyl (C=O) groups excluding carboxylic acids is 1. The van der Waals surface area contributed by atoms with Crippen LogP contribution in [0.15, 0.2) is 47.4 Å². The highest BCUT2D eigenvalue weighted by atomic mass is 32.2. The molecule has 1 amide bonds. The van der Waals surface area contributed by atoms with E-state index in [2.05, 4.69) is 5.32 Å². The number of carbonyl (C=O) groups is 1. The van der Waals surface area contributed by atoms with E-state index >= 15 is 0 Å². The number of hydrogen-bond donors (Lipinski definition) is 1. The molecule has 3 rings (SSSR count). The second kappa shape index (κ2) is 7.86. The molecule has 6 nitrogen and oxygen atoms in total. The van der Waals surface area contributed by atoms with Crippen LogP contribution in [-0.4, -0.2) is 31.7 Å². The summed E-state index contributed by atoms with van der Waals surface area (Å²) in [5.74, 6) is -1.65. The fraction of sp³-hybridized carbons (Fsp3) is 0.263. The Morgan fingerprint density at radius 2 is 1.81 bits per heavy atom. The third-order valence-corrected chi connectivity index (χ3v) is 6.33. The number of nitriles is 1. The molecule has 1 aliphatic rings. The predicted octanol–water partition coefficient (Wildman–Crippen LogP) is 3.12. The van der Waals surface area contributed by atoms with Crippen molar-refractivity contribution in [2.24, 2.45) is 0 Å². The Morgan fingerprint density at radius 1 is 1.11 bits per heavy atom. The van der Waals surface area contributed by atoms with Gasteiger partial charge in [-0.3, -0.25) is 4.79 Å². The summed E-state index contributed by atoms with van der Waals surface area (Å²) < 4.78 is 41.1. The van der Waals surface area contributed by atoms with Crippen LogP contribution < -0.4 is 5.32 Å². The van der Waals surface area contributed by atoms with E-state index in [1.165, 1.54) is 22.5 Å². The number of benzene rings is 2. The highest BCUT2D eigenvalue weighted by Crippen LogP contribution is 2.23. The molecule has 0 aliphatic carbocycles. The first-order valence-electron chi connectivity index (χ1n) is 8.53. The SMILES string of the molecule is N#Cc1ccccc1NC(=O)c1cc(S(=O)(=O)N2CCCCC2)ccc1F. The highest BCUT2D eigenvalue weighted by Gasteiger charge is 2.27. The molecule has 0 spiro atoms. The molecule has 2 aromatic carbocycles. The Kier molecular flexibility index (Phi) is 5.54. The quantitative estimate of drug-likeness (QED) is 0.873. The van der Waals surface area contributed by atoms with Gasteiger partial charge in [-0.15, -0.1) is 0 Å². The van der Waals surface area contributed by atoms with Gasteiger partial charge in [0.05, 0.1) is 21.7 Å². The molecule has 0 saturated carbocycles. The molecule has 1 fully saturated rings. The van der Waals surface area contributed by atoms with Gasteiger partial charge in [0, 0.05) is 13.1 Å². The highest BCUT2D eigenvalue weighted by molar-refractivity contribution is 7.89. The monoisotopic (exact) mass is 387 g/mol. The molecule has 0 radical (unpaired) electrons. The van der Waals surface area contributed by atoms with Gasteiger partial charge in [-0.05, 0) is 43.2 Å². The zero-order chi connectivity index (χ0) is 19.4. The average Bonchev–Trinajstić information content (AvgIpc) is 2.69. The summed E-state index contributed by atoms with van der Waals surface area (Å²) in [6.45, 7) is 0.827. The summed E-state index contributed by atoms with van der Waals surface area (Å²) in [4.78, 5) is 12.4. The summed E-state index contributed by atoms with van der Waals surface area (Å²) in [5, 5.41) is 11.6. The number of hydrogen-bond acceptors (Lipinski definition) is 4. The van der Waals surface area contributed by atoms with Crippen LogP contribution in [-0.2, 0) is 10.0 Å². The maximum atomic E-state index is 14.2. The summed E-state index contributed by atoms with van der Waals surface area (Å²) >= 11 is 0. The Balaban J connectivity index is 1.91. The molecule has 27 heavy (non-hydrogen) atoms. The Bertz CT molecular complexity index is 1010. The van der Waals surface area contributed by atoms with E-state index in [9.17, 15) is 17.6 Å². The fourth-order valence-electron chi connectivity index (χ4n) is 2.97. The van der Waals surface area contributed by atoms with E-state index in [1.54, 1.807) is 12.1 Å². The van der Waals surface area contributed by atoms with Crippen LogP contribution in [0.5, 0.6) is 0 Å². The van der Waals surface area contributed by atoms with E-state index in [1.807, 2.05) is 6.07 Å². The Labute approximate surface area is 157 Å². The normalized spacial score (nSPS) is 15.1. The minimum absolute atomic E-state index is 0.121. The van der Waals surface area contributed by atoms with E-state index < -0.39 is 21.7 Å². The lowest BCUT2D eigenvalue weighted by atomic mass is 10.1. The van der Waals surface area contributed by atoms with Crippen LogP contribution in [0.2, 0.25) is 0 Å². The molecule has 2 aromatic rings. The number of para-hydroxylation sites is 1. The standard InChI is InChI=1S/C19H18FN3O3S/c20-17-9-8-15(27(25,26)23-10-4-1-5-11-23)12-16(17)19(24)22-18-7-3-2-6-14(18)13-21/h2-3,6-9,12H,1,4-5,10-11H2,(H,22,24). The fourth-order valence-corrected chi connectivity index (χ4v) is 4.52. The smallest absolute Gasteiger partial charge is 0.258 e. The van der Waals surface area contributed by atoms with Crippen LogP contribution in [0.4, 0.5) is 10.1 Å². The van der Waals surface area contributed by atoms with Gasteiger partial charge in [-0.25, -0.2) is 12.8 Å². The van der Waals surface area contributed by atoms with E-state index in [0.29, 0.717) is 13.1 Å². The molecule has 1 heterocycles. The van der Waals surface area contributed by atoms with Gasteiger partial charge in [-0.2, -0.15) is 9.57 Å². The van der Waals surface area contributed by atoms with E-state index in [-0.39, 0.29) is 21.7 Å². The molecule has 1 N–H and O–H groups in total. The number of nitrogens with one attached hydrogen (secondary N) is 1. The zero-order valence-electron chi connectivity index (χ0n) is 14.5. The summed E-state index contributed by atoms with van der Waals surface area (Å²) in [6.07, 6.45) is 2.53. The van der Waals surface area contributed by atoms with Crippen molar-refractivity contribution in [3.05, 3.63) is 59.4 Å². The number of rotatable bonds is 4. The molecule has 0 bridgehead atoms. The van der Waals surface area contributed by atoms with Crippen molar-refractivity contribution in [1.82, 2.24) is 4.31 Å². The van der Waals surface area contributed by atoms with Crippen molar-refractivity contribution in [2.75, 3.05) is 18.4 Å². The average molecular weight is 387 g/mol. The second-order valence-electron chi connectivity index (χ2n) is 6.22. The first-order valence-corrected chi connectivity index (χ1v) is 9.97. The molecular formula is C19H18FN3O3S. The summed E-state index contributed by atoms with van der Waals surface area (Å²) in [5.41, 5.74) is 0.0675. The van der Waals surface area contributed by atoms with Gasteiger partial charge in [0.2, 0.25) is 10.0 Å². The lowest BCUT2D eigenvalue weighted by Crippen LogP contribution is -2.35. The maximum Gasteiger partial charge on any atom is 0.258 e. The lowest BCUT2D eigenvalue weighted by molar-refractivity contribution is 0.102. The van der Waals surface area contributed by atoms with Crippen LogP contribution in [0.25, 0.3) is 0 Å². The molecule has 0 unspecified atom stereocenters. The maximum absolute atomic E-state index is 14.2. The molecule has 1 aliphatic heterocycles. The van der Waals surface area contributed by atoms with Crippen molar-refractivity contribution in [3.8, 4) is 6.07 Å². The van der Waals surface area contributed by atoms with Crippen LogP contribution >= 0.6 is 0 Å². The van der Waals surface area contributed by atoms with Crippen molar-refractivity contribution >= 4 is 21.6 Å². The van der Waals surface area contributed by atoms with Gasteiger partial charge in [0.15, 0.2) is 0 Å². The van der Waals surface area contributed by atoms with Crippen LogP contribution in [0.3, 0.4) is 0 Å². The first-order chi connectivity index (χ1) is 12.9. The molecule has 1 saturated heterocycles. The van der Waals surface area contributed by atoms with Crippen LogP contribution in [0, 0.1) is 17.1 Å². The van der Waals surface area contributed by atoms with Gasteiger partial charge in [0.25, 0.3) is 5.91 Å². The predicted molar refractivity (Wildman–Crippen MR) is 98.1 cm³/mol. The van der Waals surface area contributed by atoms with Crippen LogP contribution in [0.1, 0.15) is 35.2 Å². The number of piperidine rings is 1. The number of halogens is 1. The van der Waals surface area contributed by atoms with Crippen molar-refractivity contribution < 1.29 is 17.6 Å². The summed E-state index contributed by atoms with van der Waals surface area (Å²) in [6, 6.07) is 11.4. The van der Waals surface area contributed by atoms with Gasteiger partial charge in [0.1, 0.15) is 11.9 Å². The number of anilines is 1. The third kappa shape index (κ3) is 3.99. The largest absolute Gasteiger partial charge is 0.321 e. The van der Waals surface area contributed by atoms with Gasteiger partial charge in [-0.1, -0.05) is 18.6 Å². The summed E-state index contributed by atoms with van der Waals surface area (Å²) in [7, 11) is -3.79. The lowest BCUT2D eigenvalue weighted by Gasteiger charge is -2.26. The molecule has 8 heteroatoms. The molecule has 140 valence electrons. The third-order valence-electron chi connectivity index (χ3n) is 4.43. The Hall–Kier alpha value is -2.76. The Morgan fingerprint density at radius 3 is 2.52 bits per heavy atom. The second-order valence-corrected chi connectivity index (χ2v) is 8.16. The van der Waals surface area contributed by atoms with E-state index in [4.69, 9.17) is 5.26 Å². The topological polar surface area (TPSA) is 90.3 Å². The number of nitrogens with zero attached hydrogens (tertiary/aromatic N) is 2. The van der Waals surface area contributed by atoms with Crippen molar-refractivity contribution in [3.63, 3.8) is 0 Å². The zero-order valence-corrected chi connectivity index (χ0v) is 15.3. The number of sulfonamides is 1. The molecular weight excluding hydrogens is 369 g/mol. The first kappa shape index (κ1) is 19.0. The van der Waals surface area contributed by atoms with E-state index in [0.717, 1.165) is 31.4 Å². The molecule has 0 aromatic heterocycles. The van der Waals surface area contributed by atoms with Gasteiger partial charge < -0.3 is 5.32 Å².